The first-order valence-electron chi connectivity index (χ1n) is 7.24. The minimum Gasteiger partial charge on any atom is -0.353 e. The van der Waals surface area contributed by atoms with Gasteiger partial charge in [0.05, 0.1) is 12.0 Å². The van der Waals surface area contributed by atoms with Crippen LogP contribution in [-0.4, -0.2) is 25.0 Å². The molecule has 0 aromatic heterocycles. The Hall–Kier alpha value is -1.86. The number of carbonyl (C=O) groups is 1. The fourth-order valence-corrected chi connectivity index (χ4v) is 2.07. The molecule has 106 valence electrons. The Kier molecular flexibility index (Phi) is 5.57. The molecule has 0 bridgehead atoms. The van der Waals surface area contributed by atoms with Gasteiger partial charge in [-0.05, 0) is 31.4 Å². The van der Waals surface area contributed by atoms with Gasteiger partial charge in [0.15, 0.2) is 0 Å². The lowest BCUT2D eigenvalue weighted by Crippen LogP contribution is -2.27. The van der Waals surface area contributed by atoms with Gasteiger partial charge in [-0.1, -0.05) is 30.3 Å². The number of rotatable bonds is 8. The summed E-state index contributed by atoms with van der Waals surface area (Å²) in [4.78, 5) is 11.5. The Bertz CT molecular complexity index is 462. The molecule has 1 fully saturated rings. The SMILES string of the molecule is N#CC(CNCCCC(=O)NC1CC1)c1ccccc1. The number of carbonyl (C=O) groups excluding carboxylic acids is 1. The summed E-state index contributed by atoms with van der Waals surface area (Å²) in [5.41, 5.74) is 1.04. The van der Waals surface area contributed by atoms with Crippen molar-refractivity contribution in [3.63, 3.8) is 0 Å². The smallest absolute Gasteiger partial charge is 0.220 e. The highest BCUT2D eigenvalue weighted by Crippen LogP contribution is 2.18. The summed E-state index contributed by atoms with van der Waals surface area (Å²) < 4.78 is 0. The van der Waals surface area contributed by atoms with E-state index in [4.69, 9.17) is 0 Å². The lowest BCUT2D eigenvalue weighted by Gasteiger charge is -2.10. The molecule has 1 atom stereocenters. The van der Waals surface area contributed by atoms with Gasteiger partial charge in [0.25, 0.3) is 0 Å². The molecule has 0 heterocycles. The lowest BCUT2D eigenvalue weighted by molar-refractivity contribution is -0.121. The number of amides is 1. The van der Waals surface area contributed by atoms with Crippen molar-refractivity contribution in [2.75, 3.05) is 13.1 Å². The fourth-order valence-electron chi connectivity index (χ4n) is 2.07. The number of nitrogens with zero attached hydrogens (tertiary/aromatic N) is 1. The molecule has 1 saturated carbocycles. The quantitative estimate of drug-likeness (QED) is 0.710. The average Bonchev–Trinajstić information content (AvgIpc) is 3.27. The maximum Gasteiger partial charge on any atom is 0.220 e. The van der Waals surface area contributed by atoms with Gasteiger partial charge in [-0.2, -0.15) is 5.26 Å². The highest BCUT2D eigenvalue weighted by molar-refractivity contribution is 5.76. The first-order chi connectivity index (χ1) is 9.79. The second-order valence-corrected chi connectivity index (χ2v) is 5.24. The highest BCUT2D eigenvalue weighted by Gasteiger charge is 2.22. The van der Waals surface area contributed by atoms with Gasteiger partial charge in [0, 0.05) is 19.0 Å². The predicted molar refractivity (Wildman–Crippen MR) is 78.1 cm³/mol. The van der Waals surface area contributed by atoms with Crippen molar-refractivity contribution in [1.82, 2.24) is 10.6 Å². The molecule has 1 aromatic rings. The minimum absolute atomic E-state index is 0.128. The third-order valence-corrected chi connectivity index (χ3v) is 3.41. The van der Waals surface area contributed by atoms with Crippen molar-refractivity contribution in [2.24, 2.45) is 0 Å². The van der Waals surface area contributed by atoms with Crippen LogP contribution in [0.5, 0.6) is 0 Å². The summed E-state index contributed by atoms with van der Waals surface area (Å²) in [6, 6.07) is 12.5. The van der Waals surface area contributed by atoms with Gasteiger partial charge in [-0.3, -0.25) is 4.79 Å². The van der Waals surface area contributed by atoms with Crippen molar-refractivity contribution < 1.29 is 4.79 Å². The summed E-state index contributed by atoms with van der Waals surface area (Å²) >= 11 is 0. The van der Waals surface area contributed by atoms with Gasteiger partial charge in [0.2, 0.25) is 5.91 Å². The van der Waals surface area contributed by atoms with Crippen molar-refractivity contribution in [3.8, 4) is 6.07 Å². The summed E-state index contributed by atoms with van der Waals surface area (Å²) in [7, 11) is 0. The maximum atomic E-state index is 11.5. The minimum atomic E-state index is -0.128. The van der Waals surface area contributed by atoms with E-state index in [0.717, 1.165) is 31.4 Å². The molecule has 0 aliphatic heterocycles. The Morgan fingerprint density at radius 2 is 2.10 bits per heavy atom. The third-order valence-electron chi connectivity index (χ3n) is 3.41. The fraction of sp³-hybridized carbons (Fsp3) is 0.500. The Balaban J connectivity index is 1.59. The van der Waals surface area contributed by atoms with Crippen LogP contribution in [0.15, 0.2) is 30.3 Å². The largest absolute Gasteiger partial charge is 0.353 e. The van der Waals surface area contributed by atoms with Crippen LogP contribution in [-0.2, 0) is 4.79 Å². The zero-order chi connectivity index (χ0) is 14.2. The molecule has 1 amide bonds. The van der Waals surface area contributed by atoms with E-state index in [1.165, 1.54) is 0 Å². The molecule has 4 heteroatoms. The average molecular weight is 271 g/mol. The second kappa shape index (κ2) is 7.66. The van der Waals surface area contributed by atoms with Crippen LogP contribution >= 0.6 is 0 Å². The Labute approximate surface area is 120 Å². The molecule has 20 heavy (non-hydrogen) atoms. The third kappa shape index (κ3) is 5.02. The molecular formula is C16H21N3O. The van der Waals surface area contributed by atoms with Crippen LogP contribution in [0, 0.1) is 11.3 Å². The predicted octanol–water partition coefficient (Wildman–Crippen LogP) is 1.94. The molecule has 0 radical (unpaired) electrons. The summed E-state index contributed by atoms with van der Waals surface area (Å²) in [6.07, 6.45) is 3.63. The topological polar surface area (TPSA) is 64.9 Å². The zero-order valence-electron chi connectivity index (χ0n) is 11.6. The molecule has 1 aromatic carbocycles. The molecule has 0 saturated heterocycles. The highest BCUT2D eigenvalue weighted by atomic mass is 16.1. The van der Waals surface area contributed by atoms with E-state index in [9.17, 15) is 10.1 Å². The monoisotopic (exact) mass is 271 g/mol. The number of hydrogen-bond acceptors (Lipinski definition) is 3. The van der Waals surface area contributed by atoms with Crippen LogP contribution in [0.3, 0.4) is 0 Å². The van der Waals surface area contributed by atoms with E-state index in [2.05, 4.69) is 16.7 Å². The van der Waals surface area contributed by atoms with Crippen molar-refractivity contribution in [1.29, 1.82) is 5.26 Å². The van der Waals surface area contributed by atoms with Gasteiger partial charge >= 0.3 is 0 Å². The summed E-state index contributed by atoms with van der Waals surface area (Å²) in [6.45, 7) is 1.40. The lowest BCUT2D eigenvalue weighted by atomic mass is 10.0. The van der Waals surface area contributed by atoms with E-state index in [-0.39, 0.29) is 11.8 Å². The van der Waals surface area contributed by atoms with Crippen LogP contribution < -0.4 is 10.6 Å². The summed E-state index contributed by atoms with van der Waals surface area (Å²) in [5.74, 6) is 0.0192. The summed E-state index contributed by atoms with van der Waals surface area (Å²) in [5, 5.41) is 15.4. The molecule has 1 aliphatic rings. The van der Waals surface area contributed by atoms with E-state index in [1.807, 2.05) is 30.3 Å². The maximum absolute atomic E-state index is 11.5. The number of hydrogen-bond donors (Lipinski definition) is 2. The van der Waals surface area contributed by atoms with Gasteiger partial charge < -0.3 is 10.6 Å². The zero-order valence-corrected chi connectivity index (χ0v) is 11.6. The molecule has 1 aliphatic carbocycles. The van der Waals surface area contributed by atoms with E-state index in [0.29, 0.717) is 19.0 Å². The second-order valence-electron chi connectivity index (χ2n) is 5.24. The van der Waals surface area contributed by atoms with Gasteiger partial charge in [-0.15, -0.1) is 0 Å². The molecule has 2 rings (SSSR count). The van der Waals surface area contributed by atoms with Crippen LogP contribution in [0.25, 0.3) is 0 Å². The Morgan fingerprint density at radius 3 is 2.75 bits per heavy atom. The number of nitriles is 1. The standard InChI is InChI=1S/C16H21N3O/c17-11-14(13-5-2-1-3-6-13)12-18-10-4-7-16(20)19-15-8-9-15/h1-3,5-6,14-15,18H,4,7-10,12H2,(H,19,20). The Morgan fingerprint density at radius 1 is 1.35 bits per heavy atom. The molecule has 0 spiro atoms. The number of benzene rings is 1. The normalized spacial score (nSPS) is 15.3. The van der Waals surface area contributed by atoms with Crippen molar-refractivity contribution >= 4 is 5.91 Å². The first kappa shape index (κ1) is 14.5. The molecule has 2 N–H and O–H groups in total. The van der Waals surface area contributed by atoms with Gasteiger partial charge in [0.1, 0.15) is 0 Å². The van der Waals surface area contributed by atoms with Gasteiger partial charge in [-0.25, -0.2) is 0 Å². The van der Waals surface area contributed by atoms with Crippen LogP contribution in [0.2, 0.25) is 0 Å². The van der Waals surface area contributed by atoms with Crippen molar-refractivity contribution in [3.05, 3.63) is 35.9 Å². The van der Waals surface area contributed by atoms with E-state index < -0.39 is 0 Å². The first-order valence-corrected chi connectivity index (χ1v) is 7.24. The van der Waals surface area contributed by atoms with Crippen molar-refractivity contribution in [2.45, 2.75) is 37.6 Å². The van der Waals surface area contributed by atoms with E-state index >= 15 is 0 Å². The molecular weight excluding hydrogens is 250 g/mol. The van der Waals surface area contributed by atoms with Crippen LogP contribution in [0.1, 0.15) is 37.2 Å². The molecule has 1 unspecified atom stereocenters. The van der Waals surface area contributed by atoms with Crippen LogP contribution in [0.4, 0.5) is 0 Å². The van der Waals surface area contributed by atoms with E-state index in [1.54, 1.807) is 0 Å². The molecule has 4 nitrogen and oxygen atoms in total. The number of nitrogens with one attached hydrogen (secondary N) is 2.